The van der Waals surface area contributed by atoms with Gasteiger partial charge in [0.1, 0.15) is 9.85 Å². The quantitative estimate of drug-likeness (QED) is 0.234. The van der Waals surface area contributed by atoms with Crippen molar-refractivity contribution in [2.75, 3.05) is 36.1 Å². The van der Waals surface area contributed by atoms with Gasteiger partial charge in [-0.3, -0.25) is 30.2 Å². The standard InChI is InChI=1S/2C10H13N3O5S.2ClH.Pt/c2*1-8-7-19(16,17)5-4-12(8)11-6-9-2-3-10(18-9)13(14)15;;;/h2*2-3,6,8H,4-5,7H2,1H3;2*1H;/q;;;;+2/p-2. The third-order valence-electron chi connectivity index (χ3n) is 5.52. The van der Waals surface area contributed by atoms with E-state index in [1.54, 1.807) is 23.9 Å². The molecule has 41 heavy (non-hydrogen) atoms. The van der Waals surface area contributed by atoms with Crippen molar-refractivity contribution in [3.8, 4) is 0 Å². The molecule has 0 aromatic carbocycles. The molecule has 2 aromatic heterocycles. The SMILES string of the molecule is CC1CS(=O)(=O)CCN1N=Cc1ccc([N+](=O)[O-])o1.CC1CS(=O)(=O)CCN1N=Cc1ccc([N+](=O)[O-])o1.[Cl][Pt][Cl]. The summed E-state index contributed by atoms with van der Waals surface area (Å²) >= 11 is -0.472. The molecule has 2 atom stereocenters. The second-order valence-corrected chi connectivity index (χ2v) is 16.4. The fourth-order valence-electron chi connectivity index (χ4n) is 3.60. The van der Waals surface area contributed by atoms with Gasteiger partial charge in [0.05, 0.1) is 72.7 Å². The molecule has 2 aliphatic heterocycles. The summed E-state index contributed by atoms with van der Waals surface area (Å²) in [6.45, 7) is 4.14. The van der Waals surface area contributed by atoms with E-state index in [2.05, 4.69) is 10.2 Å². The van der Waals surface area contributed by atoms with Crippen LogP contribution in [-0.4, -0.2) is 97.3 Å². The molecule has 0 saturated carbocycles. The van der Waals surface area contributed by atoms with Crippen LogP contribution in [0.1, 0.15) is 25.4 Å². The average molecular weight is 841 g/mol. The van der Waals surface area contributed by atoms with Crippen LogP contribution in [0.2, 0.25) is 0 Å². The van der Waals surface area contributed by atoms with Crippen LogP contribution in [0.25, 0.3) is 0 Å². The van der Waals surface area contributed by atoms with Gasteiger partial charge in [0.25, 0.3) is 0 Å². The van der Waals surface area contributed by atoms with Crippen LogP contribution < -0.4 is 0 Å². The molecule has 0 aliphatic carbocycles. The van der Waals surface area contributed by atoms with E-state index in [-0.39, 0.29) is 58.4 Å². The molecule has 0 radical (unpaired) electrons. The summed E-state index contributed by atoms with van der Waals surface area (Å²) in [6.07, 6.45) is 2.70. The van der Waals surface area contributed by atoms with Crippen molar-refractivity contribution in [2.45, 2.75) is 25.9 Å². The number of hydrogen-bond donors (Lipinski definition) is 0. The van der Waals surface area contributed by atoms with Gasteiger partial charge in [-0.05, 0) is 26.0 Å². The molecule has 2 aromatic rings. The van der Waals surface area contributed by atoms with E-state index in [1.807, 2.05) is 0 Å². The van der Waals surface area contributed by atoms with E-state index in [0.29, 0.717) is 13.1 Å². The Kier molecular flexibility index (Phi) is 13.2. The van der Waals surface area contributed by atoms with E-state index < -0.39 is 46.0 Å². The van der Waals surface area contributed by atoms with Gasteiger partial charge >= 0.3 is 47.1 Å². The Morgan fingerprint density at radius 3 is 1.44 bits per heavy atom. The number of nitro groups is 2. The molecular formula is C20H26Cl2N6O10PtS2. The molecule has 232 valence electrons. The molecule has 2 unspecified atom stereocenters. The number of furan rings is 2. The number of rotatable bonds is 6. The van der Waals surface area contributed by atoms with Gasteiger partial charge in [0.15, 0.2) is 31.2 Å². The molecule has 4 heterocycles. The van der Waals surface area contributed by atoms with Crippen molar-refractivity contribution in [1.82, 2.24) is 10.0 Å². The molecule has 2 saturated heterocycles. The van der Waals surface area contributed by atoms with Gasteiger partial charge in [0.2, 0.25) is 0 Å². The number of halogens is 2. The summed E-state index contributed by atoms with van der Waals surface area (Å²) in [5.41, 5.74) is 0. The second-order valence-electron chi connectivity index (χ2n) is 8.65. The zero-order chi connectivity index (χ0) is 30.8. The van der Waals surface area contributed by atoms with Crippen molar-refractivity contribution in [3.63, 3.8) is 0 Å². The minimum atomic E-state index is -2.98. The zero-order valence-electron chi connectivity index (χ0n) is 21.5. The Balaban J connectivity index is 0.000000262. The molecular weight excluding hydrogens is 814 g/mol. The second kappa shape index (κ2) is 15.6. The third-order valence-corrected chi connectivity index (χ3v) is 9.11. The van der Waals surface area contributed by atoms with Crippen LogP contribution in [0, 0.1) is 20.2 Å². The Hall–Kier alpha value is -2.53. The van der Waals surface area contributed by atoms with E-state index in [4.69, 9.17) is 27.7 Å². The molecule has 0 amide bonds. The normalized spacial score (nSPS) is 21.7. The summed E-state index contributed by atoms with van der Waals surface area (Å²) in [5.74, 6) is 0.0525. The Morgan fingerprint density at radius 2 is 1.17 bits per heavy atom. The number of hydrogen-bond acceptors (Lipinski definition) is 14. The first kappa shape index (κ1) is 34.7. The summed E-state index contributed by atoms with van der Waals surface area (Å²) in [6, 6.07) is 4.91. The number of sulfone groups is 2. The minimum absolute atomic E-state index is 0.0582. The van der Waals surface area contributed by atoms with Gasteiger partial charge < -0.3 is 8.83 Å². The summed E-state index contributed by atoms with van der Waals surface area (Å²) in [4.78, 5) is 19.6. The van der Waals surface area contributed by atoms with Gasteiger partial charge in [-0.2, -0.15) is 10.2 Å². The first-order valence-corrected chi connectivity index (χ1v) is 20.8. The molecule has 2 fully saturated rings. The number of hydrazone groups is 2. The maximum absolute atomic E-state index is 11.4. The van der Waals surface area contributed by atoms with E-state index in [1.165, 1.54) is 36.7 Å². The predicted molar refractivity (Wildman–Crippen MR) is 147 cm³/mol. The third kappa shape index (κ3) is 11.7. The van der Waals surface area contributed by atoms with Crippen LogP contribution in [-0.2, 0) is 36.2 Å². The molecule has 0 N–H and O–H groups in total. The summed E-state index contributed by atoms with van der Waals surface area (Å²) < 4.78 is 55.4. The van der Waals surface area contributed by atoms with Crippen LogP contribution in [0.3, 0.4) is 0 Å². The van der Waals surface area contributed by atoms with Crippen LogP contribution >= 0.6 is 18.8 Å². The van der Waals surface area contributed by atoms with Crippen LogP contribution in [0.4, 0.5) is 11.8 Å². The molecule has 0 spiro atoms. The fraction of sp³-hybridized carbons (Fsp3) is 0.500. The summed E-state index contributed by atoms with van der Waals surface area (Å²) in [5, 5.41) is 32.3. The van der Waals surface area contributed by atoms with E-state index in [0.717, 1.165) is 0 Å². The number of nitrogens with zero attached hydrogens (tertiary/aromatic N) is 6. The topological polar surface area (TPSA) is 212 Å². The first-order chi connectivity index (χ1) is 19.2. The van der Waals surface area contributed by atoms with Crippen molar-refractivity contribution in [1.29, 1.82) is 0 Å². The van der Waals surface area contributed by atoms with Gasteiger partial charge in [-0.15, -0.1) is 0 Å². The Bertz CT molecular complexity index is 1360. The van der Waals surface area contributed by atoms with Crippen LogP contribution in [0.5, 0.6) is 0 Å². The summed E-state index contributed by atoms with van der Waals surface area (Å²) in [7, 11) is 3.78. The monoisotopic (exact) mass is 839 g/mol. The average Bonchev–Trinajstić information content (AvgIpc) is 3.53. The molecule has 4 rings (SSSR count). The Morgan fingerprint density at radius 1 is 0.829 bits per heavy atom. The fourth-order valence-corrected chi connectivity index (χ4v) is 6.68. The van der Waals surface area contributed by atoms with Gasteiger partial charge in [0, 0.05) is 0 Å². The van der Waals surface area contributed by atoms with Crippen molar-refractivity contribution < 1.29 is 52.0 Å². The predicted octanol–water partition coefficient (Wildman–Crippen LogP) is 2.66. The van der Waals surface area contributed by atoms with E-state index >= 15 is 0 Å². The van der Waals surface area contributed by atoms with E-state index in [9.17, 15) is 37.1 Å². The maximum atomic E-state index is 11.4. The molecule has 16 nitrogen and oxygen atoms in total. The van der Waals surface area contributed by atoms with Gasteiger partial charge in [-0.1, -0.05) is 0 Å². The Labute approximate surface area is 251 Å². The van der Waals surface area contributed by atoms with Gasteiger partial charge in [-0.25, -0.2) is 16.8 Å². The first-order valence-electron chi connectivity index (χ1n) is 11.5. The molecule has 21 heteroatoms. The molecule has 2 aliphatic rings. The van der Waals surface area contributed by atoms with Crippen molar-refractivity contribution in [3.05, 3.63) is 56.0 Å². The zero-order valence-corrected chi connectivity index (χ0v) is 26.9. The van der Waals surface area contributed by atoms with Crippen LogP contribution in [0.15, 0.2) is 43.3 Å². The van der Waals surface area contributed by atoms with Crippen molar-refractivity contribution in [2.24, 2.45) is 10.2 Å². The van der Waals surface area contributed by atoms with Crippen molar-refractivity contribution >= 4 is 62.7 Å². The molecule has 0 bridgehead atoms.